The average molecular weight is 317 g/mol. The summed E-state index contributed by atoms with van der Waals surface area (Å²) in [7, 11) is 0. The van der Waals surface area contributed by atoms with E-state index in [0.29, 0.717) is 5.56 Å². The third-order valence-corrected chi connectivity index (χ3v) is 1.56. The van der Waals surface area contributed by atoms with Gasteiger partial charge in [-0.1, -0.05) is 13.8 Å². The molecule has 0 unspecified atom stereocenters. The summed E-state index contributed by atoms with van der Waals surface area (Å²) in [5.74, 6) is 0. The number of rotatable bonds is 1. The first-order valence-electron chi connectivity index (χ1n) is 3.19. The van der Waals surface area contributed by atoms with Crippen LogP contribution in [0.1, 0.15) is 21.5 Å². The van der Waals surface area contributed by atoms with Crippen molar-refractivity contribution in [3.63, 3.8) is 0 Å². The molecule has 0 aliphatic rings. The summed E-state index contributed by atoms with van der Waals surface area (Å²) in [6.07, 6.45) is 0.812. The van der Waals surface area contributed by atoms with Crippen LogP contribution in [0.2, 0.25) is 0 Å². The number of carbonyl (C=O) groups is 1. The second kappa shape index (κ2) is 4.46. The molecule has 0 aliphatic heterocycles. The maximum absolute atomic E-state index is 10.2. The molecule has 1 rings (SSSR count). The molecule has 11 heavy (non-hydrogen) atoms. The van der Waals surface area contributed by atoms with E-state index >= 15 is 0 Å². The van der Waals surface area contributed by atoms with Crippen molar-refractivity contribution in [3.8, 4) is 0 Å². The van der Waals surface area contributed by atoms with Gasteiger partial charge in [0.15, 0.2) is 0 Å². The number of hydrogen-bond donors (Lipinski definition) is 0. The predicted molar refractivity (Wildman–Crippen MR) is 40.1 cm³/mol. The zero-order chi connectivity index (χ0) is 7.56. The van der Waals surface area contributed by atoms with E-state index in [0.717, 1.165) is 11.8 Å². The Kier molecular flexibility index (Phi) is 4.28. The number of carbonyl (C=O) groups excluding carboxylic acids is 1. The van der Waals surface area contributed by atoms with Crippen LogP contribution < -0.4 is 0 Å². The van der Waals surface area contributed by atoms with Crippen LogP contribution in [0.3, 0.4) is 0 Å². The Morgan fingerprint density at radius 1 is 1.36 bits per heavy atom. The molecule has 0 bridgehead atoms. The molecule has 1 aromatic rings. The van der Waals surface area contributed by atoms with E-state index in [2.05, 4.69) is 6.07 Å². The van der Waals surface area contributed by atoms with Crippen molar-refractivity contribution < 1.29 is 25.9 Å². The van der Waals surface area contributed by atoms with Crippen LogP contribution in [0.15, 0.2) is 12.1 Å². The molecule has 0 amide bonds. The second-order valence-electron chi connectivity index (χ2n) is 2.34. The molecule has 0 atom stereocenters. The molecule has 0 saturated heterocycles. The van der Waals surface area contributed by atoms with Crippen LogP contribution >= 0.6 is 0 Å². The van der Waals surface area contributed by atoms with Crippen LogP contribution in [0, 0.1) is 19.9 Å². The first kappa shape index (κ1) is 10.6. The first-order chi connectivity index (χ1) is 4.74. The topological polar surface area (TPSA) is 17.1 Å². The molecule has 0 heterocycles. The number of hydrogen-bond acceptors (Lipinski definition) is 1. The van der Waals surface area contributed by atoms with Gasteiger partial charge in [-0.15, -0.1) is 34.9 Å². The molecule has 0 radical (unpaired) electrons. The van der Waals surface area contributed by atoms with Crippen molar-refractivity contribution >= 4 is 6.29 Å². The standard InChI is InChI=1S/C9H9O.W/c1-7-3-4-9(6-10)5-8(7)2;/h3-4,6H,1-2H3;/q-1;. The maximum atomic E-state index is 10.2. The molecule has 0 fully saturated rings. The molecule has 58 valence electrons. The summed E-state index contributed by atoms with van der Waals surface area (Å²) in [4.78, 5) is 10.2. The van der Waals surface area contributed by atoms with E-state index in [9.17, 15) is 4.79 Å². The van der Waals surface area contributed by atoms with Gasteiger partial charge in [-0.3, -0.25) is 0 Å². The first-order valence-corrected chi connectivity index (χ1v) is 3.19. The molecule has 2 heteroatoms. The molecular weight excluding hydrogens is 308 g/mol. The van der Waals surface area contributed by atoms with Gasteiger partial charge < -0.3 is 4.79 Å². The van der Waals surface area contributed by atoms with Crippen LogP contribution in [-0.2, 0) is 21.1 Å². The van der Waals surface area contributed by atoms with Gasteiger partial charge >= 0.3 is 0 Å². The van der Waals surface area contributed by atoms with Gasteiger partial charge in [-0.25, -0.2) is 0 Å². The maximum Gasteiger partial charge on any atom is 0.0655 e. The van der Waals surface area contributed by atoms with Crippen LogP contribution in [0.25, 0.3) is 0 Å². The van der Waals surface area contributed by atoms with Crippen molar-refractivity contribution in [2.45, 2.75) is 13.8 Å². The van der Waals surface area contributed by atoms with Gasteiger partial charge in [0.1, 0.15) is 0 Å². The molecular formula is C9H9OW-. The summed E-state index contributed by atoms with van der Waals surface area (Å²) in [6, 6.07) is 6.66. The summed E-state index contributed by atoms with van der Waals surface area (Å²) < 4.78 is 0. The Labute approximate surface area is 81.1 Å². The monoisotopic (exact) mass is 317 g/mol. The molecule has 1 aromatic carbocycles. The van der Waals surface area contributed by atoms with E-state index < -0.39 is 0 Å². The molecule has 0 N–H and O–H groups in total. The van der Waals surface area contributed by atoms with Gasteiger partial charge in [0.25, 0.3) is 0 Å². The predicted octanol–water partition coefficient (Wildman–Crippen LogP) is 1.91. The van der Waals surface area contributed by atoms with E-state index in [4.69, 9.17) is 0 Å². The minimum Gasteiger partial charge on any atom is -0.355 e. The van der Waals surface area contributed by atoms with Gasteiger partial charge in [-0.2, -0.15) is 0 Å². The van der Waals surface area contributed by atoms with Crippen molar-refractivity contribution in [1.29, 1.82) is 0 Å². The average Bonchev–Trinajstić information content (AvgIpc) is 1.95. The minimum atomic E-state index is 0. The van der Waals surface area contributed by atoms with E-state index in [-0.39, 0.29) is 21.1 Å². The second-order valence-corrected chi connectivity index (χ2v) is 2.34. The third kappa shape index (κ3) is 2.59. The Morgan fingerprint density at radius 2 is 2.00 bits per heavy atom. The van der Waals surface area contributed by atoms with Crippen LogP contribution in [-0.4, -0.2) is 6.29 Å². The fourth-order valence-corrected chi connectivity index (χ4v) is 0.765. The fraction of sp³-hybridized carbons (Fsp3) is 0.222. The van der Waals surface area contributed by atoms with E-state index in [1.165, 1.54) is 5.56 Å². The number of aryl methyl sites for hydroxylation is 2. The van der Waals surface area contributed by atoms with E-state index in [1.54, 1.807) is 6.07 Å². The van der Waals surface area contributed by atoms with Crippen molar-refractivity contribution in [2.75, 3.05) is 0 Å². The van der Waals surface area contributed by atoms with Crippen molar-refractivity contribution in [2.24, 2.45) is 0 Å². The summed E-state index contributed by atoms with van der Waals surface area (Å²) in [5.41, 5.74) is 2.85. The molecule has 0 spiro atoms. The van der Waals surface area contributed by atoms with Gasteiger partial charge in [0.2, 0.25) is 0 Å². The van der Waals surface area contributed by atoms with Crippen LogP contribution in [0.5, 0.6) is 0 Å². The fourth-order valence-electron chi connectivity index (χ4n) is 0.765. The smallest absolute Gasteiger partial charge is 0.0655 e. The van der Waals surface area contributed by atoms with E-state index in [1.807, 2.05) is 19.9 Å². The summed E-state index contributed by atoms with van der Waals surface area (Å²) in [5, 5.41) is 0. The Bertz CT molecular complexity index is 256. The summed E-state index contributed by atoms with van der Waals surface area (Å²) in [6.45, 7) is 3.95. The summed E-state index contributed by atoms with van der Waals surface area (Å²) >= 11 is 0. The Balaban J connectivity index is 0.000001000. The largest absolute Gasteiger partial charge is 0.355 e. The van der Waals surface area contributed by atoms with Crippen LogP contribution in [0.4, 0.5) is 0 Å². The number of benzene rings is 1. The molecule has 0 aliphatic carbocycles. The zero-order valence-corrected chi connectivity index (χ0v) is 9.48. The zero-order valence-electron chi connectivity index (χ0n) is 6.55. The minimum absolute atomic E-state index is 0. The van der Waals surface area contributed by atoms with Gasteiger partial charge in [-0.05, 0) is 0 Å². The quantitative estimate of drug-likeness (QED) is 0.571. The molecule has 0 aromatic heterocycles. The molecule has 0 saturated carbocycles. The van der Waals surface area contributed by atoms with Gasteiger partial charge in [0.05, 0.1) is 6.29 Å². The normalized spacial score (nSPS) is 8.55. The third-order valence-electron chi connectivity index (χ3n) is 1.56. The Hall–Kier alpha value is -0.422. The van der Waals surface area contributed by atoms with Gasteiger partial charge in [0, 0.05) is 21.1 Å². The SMILES string of the molecule is Cc1[c-]c(C=O)ccc1C.[W]. The van der Waals surface area contributed by atoms with Crippen molar-refractivity contribution in [1.82, 2.24) is 0 Å². The van der Waals surface area contributed by atoms with Crippen molar-refractivity contribution in [3.05, 3.63) is 34.9 Å². The molecule has 1 nitrogen and oxygen atoms in total. The number of aldehydes is 1. The Morgan fingerprint density at radius 3 is 2.45 bits per heavy atom.